The first-order chi connectivity index (χ1) is 14.1. The Labute approximate surface area is 179 Å². The number of aliphatic hydroxyl groups excluding tert-OH is 1. The Kier molecular flexibility index (Phi) is 5.43. The Morgan fingerprint density at radius 1 is 1.10 bits per heavy atom. The van der Waals surface area contributed by atoms with Crippen LogP contribution in [-0.4, -0.2) is 39.0 Å². The highest BCUT2D eigenvalue weighted by Crippen LogP contribution is 2.41. The number of benzene rings is 1. The van der Waals surface area contributed by atoms with Crippen LogP contribution in [0.5, 0.6) is 0 Å². The third kappa shape index (κ3) is 4.26. The van der Waals surface area contributed by atoms with Crippen molar-refractivity contribution < 1.29 is 9.52 Å². The van der Waals surface area contributed by atoms with Crippen molar-refractivity contribution in [1.82, 2.24) is 14.7 Å². The molecule has 2 aromatic heterocycles. The number of hydrogen-bond donors (Lipinski definition) is 1. The molecule has 0 unspecified atom stereocenters. The second-order valence-corrected chi connectivity index (χ2v) is 9.60. The van der Waals surface area contributed by atoms with Gasteiger partial charge in [0.15, 0.2) is 5.09 Å². The Morgan fingerprint density at radius 3 is 2.66 bits per heavy atom. The van der Waals surface area contributed by atoms with Gasteiger partial charge in [-0.3, -0.25) is 9.58 Å². The molecule has 2 fully saturated rings. The molecule has 7 heteroatoms. The summed E-state index contributed by atoms with van der Waals surface area (Å²) >= 11 is 7.56. The number of aromatic nitrogens is 2. The van der Waals surface area contributed by atoms with Crippen LogP contribution in [0.1, 0.15) is 24.6 Å². The first kappa shape index (κ1) is 19.2. The first-order valence-corrected chi connectivity index (χ1v) is 11.2. The summed E-state index contributed by atoms with van der Waals surface area (Å²) in [4.78, 5) is 3.57. The second-order valence-electron chi connectivity index (χ2n) is 8.08. The predicted molar refractivity (Wildman–Crippen MR) is 113 cm³/mol. The van der Waals surface area contributed by atoms with Gasteiger partial charge in [-0.25, -0.2) is 0 Å². The highest BCUT2D eigenvalue weighted by atomic mass is 35.5. The van der Waals surface area contributed by atoms with Crippen LogP contribution in [-0.2, 0) is 6.54 Å². The molecular formula is C22H24ClN3O2S. The number of nitrogens with zero attached hydrogens (tertiary/aromatic N) is 3. The molecule has 152 valence electrons. The molecule has 0 amide bonds. The highest BCUT2D eigenvalue weighted by molar-refractivity contribution is 7.99. The van der Waals surface area contributed by atoms with E-state index in [0.29, 0.717) is 11.8 Å². The summed E-state index contributed by atoms with van der Waals surface area (Å²) in [6.45, 7) is 2.89. The fourth-order valence-electron chi connectivity index (χ4n) is 4.73. The molecule has 4 atom stereocenters. The van der Waals surface area contributed by atoms with Crippen molar-refractivity contribution in [2.75, 3.05) is 13.1 Å². The molecule has 1 saturated heterocycles. The van der Waals surface area contributed by atoms with Crippen LogP contribution in [0.4, 0.5) is 0 Å². The smallest absolute Gasteiger partial charge is 0.165 e. The van der Waals surface area contributed by atoms with E-state index in [1.165, 1.54) is 0 Å². The van der Waals surface area contributed by atoms with E-state index in [-0.39, 0.29) is 12.1 Å². The van der Waals surface area contributed by atoms with Crippen molar-refractivity contribution in [3.05, 3.63) is 65.6 Å². The highest BCUT2D eigenvalue weighted by Gasteiger charge is 2.42. The summed E-state index contributed by atoms with van der Waals surface area (Å²) in [5, 5.41) is 16.6. The van der Waals surface area contributed by atoms with E-state index >= 15 is 0 Å². The Morgan fingerprint density at radius 2 is 1.90 bits per heavy atom. The number of furan rings is 1. The van der Waals surface area contributed by atoms with Gasteiger partial charge in [0.05, 0.1) is 18.7 Å². The van der Waals surface area contributed by atoms with Crippen molar-refractivity contribution in [3.8, 4) is 0 Å². The Balaban J connectivity index is 1.19. The van der Waals surface area contributed by atoms with Gasteiger partial charge in [0.2, 0.25) is 0 Å². The Hall–Kier alpha value is -1.73. The lowest BCUT2D eigenvalue weighted by atomic mass is 9.77. The van der Waals surface area contributed by atoms with Crippen molar-refractivity contribution in [2.24, 2.45) is 11.8 Å². The van der Waals surface area contributed by atoms with E-state index in [1.54, 1.807) is 18.0 Å². The van der Waals surface area contributed by atoms with E-state index < -0.39 is 0 Å². The molecular weight excluding hydrogens is 406 g/mol. The van der Waals surface area contributed by atoms with Crippen LogP contribution in [0.15, 0.2) is 69.3 Å². The van der Waals surface area contributed by atoms with Crippen LogP contribution < -0.4 is 0 Å². The molecule has 2 aliphatic rings. The van der Waals surface area contributed by atoms with Gasteiger partial charge in [0, 0.05) is 35.4 Å². The maximum atomic E-state index is 10.6. The first-order valence-electron chi connectivity index (χ1n) is 10.1. The number of hydrogen-bond acceptors (Lipinski definition) is 5. The van der Waals surface area contributed by atoms with E-state index in [0.717, 1.165) is 53.2 Å². The summed E-state index contributed by atoms with van der Waals surface area (Å²) in [6.07, 6.45) is 5.27. The average Bonchev–Trinajstić information content (AvgIpc) is 3.44. The van der Waals surface area contributed by atoms with Crippen molar-refractivity contribution in [1.29, 1.82) is 0 Å². The van der Waals surface area contributed by atoms with Crippen LogP contribution in [0.3, 0.4) is 0 Å². The topological polar surface area (TPSA) is 54.4 Å². The lowest BCUT2D eigenvalue weighted by molar-refractivity contribution is 0.0306. The molecule has 1 N–H and O–H groups in total. The zero-order valence-electron chi connectivity index (χ0n) is 16.0. The summed E-state index contributed by atoms with van der Waals surface area (Å²) in [6, 6.07) is 13.9. The molecule has 29 heavy (non-hydrogen) atoms. The predicted octanol–water partition coefficient (Wildman–Crippen LogP) is 4.72. The number of fused-ring (bicyclic) bond motifs is 1. The molecule has 5 rings (SSSR count). The normalized spacial score (nSPS) is 27.2. The van der Waals surface area contributed by atoms with E-state index in [1.807, 2.05) is 47.3 Å². The van der Waals surface area contributed by atoms with E-state index in [9.17, 15) is 5.11 Å². The number of halogens is 1. The van der Waals surface area contributed by atoms with Crippen LogP contribution >= 0.6 is 23.4 Å². The zero-order valence-corrected chi connectivity index (χ0v) is 17.6. The number of aliphatic hydroxyl groups is 1. The van der Waals surface area contributed by atoms with Crippen LogP contribution in [0.25, 0.3) is 0 Å². The maximum absolute atomic E-state index is 10.6. The second kappa shape index (κ2) is 8.19. The minimum Gasteiger partial charge on any atom is -0.453 e. The van der Waals surface area contributed by atoms with Gasteiger partial charge in [-0.05, 0) is 67.1 Å². The van der Waals surface area contributed by atoms with Gasteiger partial charge >= 0.3 is 0 Å². The average molecular weight is 430 g/mol. The molecule has 0 bridgehead atoms. The third-order valence-electron chi connectivity index (χ3n) is 6.10. The van der Waals surface area contributed by atoms with Gasteiger partial charge in [-0.15, -0.1) is 0 Å². The van der Waals surface area contributed by atoms with Gasteiger partial charge in [-0.1, -0.05) is 23.4 Å². The standard InChI is InChI=1S/C22H24ClN3O2S/c23-17-2-5-19(6-3-17)29-22-7-4-18(28-22)14-25-12-15-10-20(26-9-1-8-24-26)21(27)11-16(15)13-25/h1-9,15-16,20-21,27H,10-14H2/t15-,16+,20-,21-/m1/s1. The molecule has 0 radical (unpaired) electrons. The summed E-state index contributed by atoms with van der Waals surface area (Å²) in [5.41, 5.74) is 0. The molecule has 1 aliphatic heterocycles. The zero-order chi connectivity index (χ0) is 19.8. The number of rotatable bonds is 5. The monoisotopic (exact) mass is 429 g/mol. The Bertz CT molecular complexity index is 943. The van der Waals surface area contributed by atoms with Gasteiger partial charge in [0.25, 0.3) is 0 Å². The summed E-state index contributed by atoms with van der Waals surface area (Å²) < 4.78 is 7.99. The van der Waals surface area contributed by atoms with Gasteiger partial charge < -0.3 is 9.52 Å². The molecule has 3 heterocycles. The van der Waals surface area contributed by atoms with E-state index in [4.69, 9.17) is 16.0 Å². The van der Waals surface area contributed by atoms with Crippen molar-refractivity contribution in [3.63, 3.8) is 0 Å². The van der Waals surface area contributed by atoms with Gasteiger partial charge in [-0.2, -0.15) is 5.10 Å². The lowest BCUT2D eigenvalue weighted by Gasteiger charge is -2.35. The van der Waals surface area contributed by atoms with Crippen LogP contribution in [0, 0.1) is 11.8 Å². The fourth-order valence-corrected chi connectivity index (χ4v) is 5.65. The number of likely N-dealkylation sites (tertiary alicyclic amines) is 1. The largest absolute Gasteiger partial charge is 0.453 e. The SMILES string of the molecule is O[C@@H]1C[C@H]2CN(Cc3ccc(Sc4ccc(Cl)cc4)o3)C[C@H]2C[C@H]1n1cccn1. The molecule has 1 saturated carbocycles. The fraction of sp³-hybridized carbons (Fsp3) is 0.409. The molecule has 1 aliphatic carbocycles. The summed E-state index contributed by atoms with van der Waals surface area (Å²) in [5.74, 6) is 2.14. The molecule has 3 aromatic rings. The quantitative estimate of drug-likeness (QED) is 0.635. The van der Waals surface area contributed by atoms with E-state index in [2.05, 4.69) is 16.1 Å². The minimum absolute atomic E-state index is 0.0946. The minimum atomic E-state index is -0.318. The molecule has 0 spiro atoms. The lowest BCUT2D eigenvalue weighted by Crippen LogP contribution is -2.36. The van der Waals surface area contributed by atoms with Crippen LogP contribution in [0.2, 0.25) is 5.02 Å². The van der Waals surface area contributed by atoms with Crippen molar-refractivity contribution in [2.45, 2.75) is 41.5 Å². The summed E-state index contributed by atoms with van der Waals surface area (Å²) in [7, 11) is 0. The molecule has 5 nitrogen and oxygen atoms in total. The molecule has 1 aromatic carbocycles. The van der Waals surface area contributed by atoms with Gasteiger partial charge in [0.1, 0.15) is 5.76 Å². The third-order valence-corrected chi connectivity index (χ3v) is 7.28. The van der Waals surface area contributed by atoms with Crippen molar-refractivity contribution >= 4 is 23.4 Å². The maximum Gasteiger partial charge on any atom is 0.165 e.